The van der Waals surface area contributed by atoms with Crippen molar-refractivity contribution in [3.8, 4) is 0 Å². The number of aliphatic hydroxyl groups excluding tert-OH is 1. The fourth-order valence-electron chi connectivity index (χ4n) is 7.01. The van der Waals surface area contributed by atoms with Crippen LogP contribution in [0.3, 0.4) is 0 Å². The predicted molar refractivity (Wildman–Crippen MR) is 165 cm³/mol. The molecule has 5 atom stereocenters. The molecule has 7 nitrogen and oxygen atoms in total. The van der Waals surface area contributed by atoms with Gasteiger partial charge in [0.05, 0.1) is 30.9 Å². The van der Waals surface area contributed by atoms with Crippen molar-refractivity contribution in [3.63, 3.8) is 0 Å². The fraction of sp³-hybridized carbons (Fsp3) is 0.613. The summed E-state index contributed by atoms with van der Waals surface area (Å²) in [7, 11) is -2.87. The van der Waals surface area contributed by atoms with Crippen LogP contribution in [0.15, 0.2) is 46.0 Å². The highest BCUT2D eigenvalue weighted by Crippen LogP contribution is 2.60. The first-order valence-electron chi connectivity index (χ1n) is 14.5. The molecule has 3 heterocycles. The second-order valence-corrected chi connectivity index (χ2v) is 17.5. The summed E-state index contributed by atoms with van der Waals surface area (Å²) in [5.41, 5.74) is 2.54. The first-order valence-corrected chi connectivity index (χ1v) is 18.3. The maximum absolute atomic E-state index is 14.4. The zero-order chi connectivity index (χ0) is 29.4. The lowest BCUT2D eigenvalue weighted by molar-refractivity contribution is -0.150. The number of aliphatic hydroxyl groups is 1. The van der Waals surface area contributed by atoms with Crippen LogP contribution in [0.25, 0.3) is 0 Å². The van der Waals surface area contributed by atoms with Gasteiger partial charge in [-0.3, -0.25) is 9.59 Å². The van der Waals surface area contributed by atoms with Crippen molar-refractivity contribution >= 4 is 41.7 Å². The van der Waals surface area contributed by atoms with Gasteiger partial charge in [0.25, 0.3) is 5.91 Å². The number of hydrogen-bond acceptors (Lipinski definition) is 5. The van der Waals surface area contributed by atoms with Crippen LogP contribution in [0.5, 0.6) is 0 Å². The van der Waals surface area contributed by atoms with Gasteiger partial charge in [0.15, 0.2) is 13.9 Å². The van der Waals surface area contributed by atoms with E-state index in [9.17, 15) is 19.5 Å². The Morgan fingerprint density at radius 3 is 2.62 bits per heavy atom. The molecule has 3 aliphatic rings. The van der Waals surface area contributed by atoms with E-state index in [1.807, 2.05) is 38.2 Å². The summed E-state index contributed by atoms with van der Waals surface area (Å²) in [6.45, 7) is 13.0. The highest BCUT2D eigenvalue weighted by Gasteiger charge is 2.66. The van der Waals surface area contributed by atoms with Gasteiger partial charge in [-0.25, -0.2) is 0 Å². The number of likely N-dealkylation sites (tertiary alicyclic amines) is 1. The van der Waals surface area contributed by atoms with E-state index in [0.717, 1.165) is 41.4 Å². The molecule has 0 radical (unpaired) electrons. The number of halogens is 1. The van der Waals surface area contributed by atoms with Gasteiger partial charge < -0.3 is 24.4 Å². The van der Waals surface area contributed by atoms with Crippen molar-refractivity contribution in [2.24, 2.45) is 5.92 Å². The molecule has 1 aromatic rings. The van der Waals surface area contributed by atoms with E-state index in [1.165, 1.54) is 11.1 Å². The second kappa shape index (κ2) is 12.2. The van der Waals surface area contributed by atoms with E-state index in [2.05, 4.69) is 48.9 Å². The molecule has 2 N–H and O–H groups in total. The molecule has 4 rings (SSSR count). The number of anilines is 1. The number of carbonyl (C=O) groups is 2. The molecule has 9 heteroatoms. The summed E-state index contributed by atoms with van der Waals surface area (Å²) < 4.78 is 7.66. The van der Waals surface area contributed by atoms with Crippen molar-refractivity contribution in [2.45, 2.75) is 96.2 Å². The normalized spacial score (nSPS) is 28.5. The van der Waals surface area contributed by atoms with E-state index in [1.54, 1.807) is 9.80 Å². The number of nitrogens with zero attached hydrogens (tertiary/aromatic N) is 2. The number of hydrogen-bond donors (Lipinski definition) is 2. The Labute approximate surface area is 248 Å². The lowest BCUT2D eigenvalue weighted by atomic mass is 9.82. The van der Waals surface area contributed by atoms with Gasteiger partial charge in [0.1, 0.15) is 0 Å². The predicted octanol–water partition coefficient (Wildman–Crippen LogP) is 5.66. The average molecular weight is 634 g/mol. The number of carbonyl (C=O) groups excluding carboxylic acids is 2. The zero-order valence-electron chi connectivity index (χ0n) is 24.7. The quantitative estimate of drug-likeness (QED) is 0.271. The Bertz CT molecular complexity index is 1190. The van der Waals surface area contributed by atoms with Gasteiger partial charge in [-0.05, 0) is 77.7 Å². The van der Waals surface area contributed by atoms with Gasteiger partial charge in [0.2, 0.25) is 5.91 Å². The van der Waals surface area contributed by atoms with Crippen molar-refractivity contribution in [2.75, 3.05) is 24.6 Å². The molecule has 2 fully saturated rings. The molecule has 1 aromatic carbocycles. The standard InChI is InChI=1S/C31H45BrN2O5Si/c1-20(2)9-7-10-21(3)14-16-34-26-13-12-23(32)17-25(26)31(30(34)37)22(4)29(40(5,6)38)27(39-31)18-28(36)33-15-8-11-24(33)19-35/h9,12-14,17,22,24,27,29,35,38H,7-8,10-11,15-16,18-19H2,1-6H3/b21-14+/t22-,24-,27+,29-,31+/m0/s1. The molecule has 2 saturated heterocycles. The van der Waals surface area contributed by atoms with Gasteiger partial charge >= 0.3 is 0 Å². The van der Waals surface area contributed by atoms with E-state index < -0.39 is 20.0 Å². The largest absolute Gasteiger partial charge is 0.432 e. The van der Waals surface area contributed by atoms with Gasteiger partial charge in [-0.1, -0.05) is 46.2 Å². The molecule has 3 aliphatic heterocycles. The van der Waals surface area contributed by atoms with Crippen LogP contribution < -0.4 is 4.90 Å². The van der Waals surface area contributed by atoms with Gasteiger partial charge in [0, 0.05) is 34.6 Å². The minimum absolute atomic E-state index is 0.0581. The van der Waals surface area contributed by atoms with Crippen LogP contribution in [0.2, 0.25) is 18.6 Å². The molecule has 0 bridgehead atoms. The fourth-order valence-corrected chi connectivity index (χ4v) is 9.93. The average Bonchev–Trinajstić information content (AvgIpc) is 3.52. The molecule has 220 valence electrons. The summed E-state index contributed by atoms with van der Waals surface area (Å²) in [5, 5.41) is 9.78. The molecule has 0 saturated carbocycles. The number of ether oxygens (including phenoxy) is 1. The Hall–Kier alpha value is -1.78. The summed E-state index contributed by atoms with van der Waals surface area (Å²) in [4.78, 5) is 42.9. The van der Waals surface area contributed by atoms with E-state index in [-0.39, 0.29) is 42.3 Å². The molecule has 1 spiro atoms. The van der Waals surface area contributed by atoms with Crippen molar-refractivity contribution in [1.82, 2.24) is 4.90 Å². The van der Waals surface area contributed by atoms with E-state index in [4.69, 9.17) is 4.74 Å². The molecule has 2 amide bonds. The van der Waals surface area contributed by atoms with Crippen molar-refractivity contribution in [1.29, 1.82) is 0 Å². The summed E-state index contributed by atoms with van der Waals surface area (Å²) in [6, 6.07) is 5.68. The lowest BCUT2D eigenvalue weighted by Crippen LogP contribution is -2.46. The van der Waals surface area contributed by atoms with Crippen LogP contribution in [0.1, 0.15) is 65.4 Å². The maximum atomic E-state index is 14.4. The van der Waals surface area contributed by atoms with Crippen LogP contribution in [0.4, 0.5) is 5.69 Å². The van der Waals surface area contributed by atoms with Crippen LogP contribution in [-0.2, 0) is 19.9 Å². The highest BCUT2D eigenvalue weighted by atomic mass is 79.9. The summed E-state index contributed by atoms with van der Waals surface area (Å²) in [5.74, 6) is -0.535. The summed E-state index contributed by atoms with van der Waals surface area (Å²) in [6.07, 6.45) is 7.38. The maximum Gasteiger partial charge on any atom is 0.264 e. The molecule has 0 unspecified atom stereocenters. The number of rotatable bonds is 9. The minimum Gasteiger partial charge on any atom is -0.432 e. The first kappa shape index (κ1) is 31.2. The van der Waals surface area contributed by atoms with E-state index >= 15 is 0 Å². The third-order valence-electron chi connectivity index (χ3n) is 8.94. The molecular formula is C31H45BrN2O5Si. The number of amides is 2. The van der Waals surface area contributed by atoms with Crippen LogP contribution in [-0.4, -0.2) is 66.8 Å². The van der Waals surface area contributed by atoms with Crippen LogP contribution in [0, 0.1) is 5.92 Å². The number of allylic oxidation sites excluding steroid dienone is 3. The lowest BCUT2D eigenvalue weighted by Gasteiger charge is -2.32. The zero-order valence-corrected chi connectivity index (χ0v) is 27.3. The Balaban J connectivity index is 1.67. The minimum atomic E-state index is -2.87. The molecule has 0 aromatic heterocycles. The highest BCUT2D eigenvalue weighted by molar-refractivity contribution is 9.10. The monoisotopic (exact) mass is 632 g/mol. The molecular weight excluding hydrogens is 588 g/mol. The Kier molecular flexibility index (Phi) is 9.52. The topological polar surface area (TPSA) is 90.3 Å². The molecule has 0 aliphatic carbocycles. The van der Waals surface area contributed by atoms with Gasteiger partial charge in [-0.2, -0.15) is 0 Å². The number of benzene rings is 1. The van der Waals surface area contributed by atoms with Crippen molar-refractivity contribution < 1.29 is 24.2 Å². The first-order chi connectivity index (χ1) is 18.8. The smallest absolute Gasteiger partial charge is 0.264 e. The summed E-state index contributed by atoms with van der Waals surface area (Å²) >= 11 is 3.60. The third-order valence-corrected chi connectivity index (χ3v) is 11.9. The van der Waals surface area contributed by atoms with Crippen LogP contribution >= 0.6 is 15.9 Å². The third kappa shape index (κ3) is 5.90. The Morgan fingerprint density at radius 1 is 1.25 bits per heavy atom. The number of fused-ring (bicyclic) bond motifs is 2. The molecule has 40 heavy (non-hydrogen) atoms. The SMILES string of the molecule is CC(C)=CCC/C(C)=C/CN1C(=O)[C@]2(O[C@H](CC(=O)N3CCC[C@H]3CO)[C@@H]([Si](C)(C)O)[C@@H]2C)c2cc(Br)ccc21. The van der Waals surface area contributed by atoms with Gasteiger partial charge in [-0.15, -0.1) is 0 Å². The second-order valence-electron chi connectivity index (χ2n) is 12.6. The Morgan fingerprint density at radius 2 is 1.98 bits per heavy atom. The van der Waals surface area contributed by atoms with Crippen molar-refractivity contribution in [3.05, 3.63) is 51.5 Å². The van der Waals surface area contributed by atoms with E-state index in [0.29, 0.717) is 13.1 Å².